The highest BCUT2D eigenvalue weighted by atomic mass is 16.5. The van der Waals surface area contributed by atoms with Gasteiger partial charge in [-0.1, -0.05) is 386 Å². The van der Waals surface area contributed by atoms with Crippen molar-refractivity contribution in [2.45, 2.75) is 110 Å². The van der Waals surface area contributed by atoms with E-state index in [9.17, 15) is 0 Å². The van der Waals surface area contributed by atoms with E-state index in [0.717, 1.165) is 129 Å². The van der Waals surface area contributed by atoms with E-state index >= 15 is 0 Å². The molecular formula is C123H99B2N3O. The molecule has 4 heterocycles. The Morgan fingerprint density at radius 1 is 0.233 bits per heavy atom. The fourth-order valence-electron chi connectivity index (χ4n) is 22.6. The molecule has 0 aromatic heterocycles. The van der Waals surface area contributed by atoms with Gasteiger partial charge in [0.1, 0.15) is 11.5 Å². The van der Waals surface area contributed by atoms with E-state index in [0.29, 0.717) is 0 Å². The molecule has 0 fully saturated rings. The predicted molar refractivity (Wildman–Crippen MR) is 548 cm³/mol. The zero-order valence-corrected chi connectivity index (χ0v) is 75.3. The van der Waals surface area contributed by atoms with Crippen molar-refractivity contribution in [2.24, 2.45) is 0 Å². The van der Waals surface area contributed by atoms with Crippen molar-refractivity contribution in [3.8, 4) is 101 Å². The summed E-state index contributed by atoms with van der Waals surface area (Å²) in [6, 6.07) is 147. The number of para-hydroxylation sites is 3. The van der Waals surface area contributed by atoms with Crippen LogP contribution in [0.3, 0.4) is 0 Å². The molecule has 0 N–H and O–H groups in total. The van der Waals surface area contributed by atoms with Gasteiger partial charge in [0.15, 0.2) is 0 Å². The quantitative estimate of drug-likeness (QED) is 0.134. The van der Waals surface area contributed by atoms with E-state index < -0.39 is 5.41 Å². The summed E-state index contributed by atoms with van der Waals surface area (Å²) in [4.78, 5) is 7.98. The smallest absolute Gasteiger partial charge is 0.256 e. The summed E-state index contributed by atoms with van der Waals surface area (Å²) < 4.78 is 8.30. The van der Waals surface area contributed by atoms with Crippen LogP contribution in [-0.4, -0.2) is 13.4 Å². The highest BCUT2D eigenvalue weighted by Gasteiger charge is 2.54. The molecule has 24 rings (SSSR count). The summed E-state index contributed by atoms with van der Waals surface area (Å²) in [6.45, 7) is 27.7. The summed E-state index contributed by atoms with van der Waals surface area (Å²) in [7, 11) is 0. The molecule has 0 bridgehead atoms. The first-order valence-corrected chi connectivity index (χ1v) is 46.0. The first-order valence-electron chi connectivity index (χ1n) is 46.0. The lowest BCUT2D eigenvalue weighted by Gasteiger charge is -2.46. The standard InChI is InChI=1S/C123H99B2N3O/c1-119(2,3)84-64-81(65-85(69-84)120(4,5)6)82-66-109-114-110(67-82)127(116-95(76-39-18-13-19-40-76)70-86(121(7,8)9)71-96(116)77-41-20-14-21-42-77)106-59-36-34-57-102(106)124(114)104-74-105-111(75-108(104)126(109)88-47-26-17-27-48-88)129-112-68-83-63-80(89-52-38-53-94-93-51-30-33-56-101(93)123(113(89)94)99-54-31-28-49-91(99)92-50-29-32-55-100(92)123)61-62-90(83)118-115(112)125(105)103-58-35-37-60-107(103)128(118)117-97(78-43-22-15-23-44-78)72-87(122(10,11)12)73-98(117)79-45-24-16-25-46-79/h13-75H,1-12H3. The Morgan fingerprint density at radius 3 is 1.12 bits per heavy atom. The van der Waals surface area contributed by atoms with E-state index in [1.165, 1.54) is 111 Å². The van der Waals surface area contributed by atoms with Gasteiger partial charge < -0.3 is 19.4 Å². The second kappa shape index (κ2) is 28.8. The minimum Gasteiger partial charge on any atom is -0.458 e. The largest absolute Gasteiger partial charge is 0.458 e. The van der Waals surface area contributed by atoms with Crippen LogP contribution in [0.1, 0.15) is 128 Å². The topological polar surface area (TPSA) is 19.0 Å². The van der Waals surface area contributed by atoms with Crippen molar-refractivity contribution < 1.29 is 4.74 Å². The fraction of sp³-hybridized carbons (Fsp3) is 0.138. The SMILES string of the molecule is CC(C)(C)c1cc(-c2cc3c4c(c2)N(c2c(-c5ccccc5)cc(C(C)(C)C)cc2-c2ccccc2)c2ccccc2B4c2cc4c(cc2N3c2ccccc2)Oc2cc3cc(-c5cccc6c5C5(c7ccccc7-c7ccccc75)c5ccccc5-6)ccc3c3c2B4c2ccccc2N3c2c(-c3ccccc3)cc(C(C)(C)C)cc2-c2ccccc2)cc(C(C)(C)C)c1. The third-order valence-corrected chi connectivity index (χ3v) is 28.8. The molecule has 2 aliphatic carbocycles. The Kier molecular flexibility index (Phi) is 17.4. The van der Waals surface area contributed by atoms with Gasteiger partial charge in [-0.2, -0.15) is 0 Å². The van der Waals surface area contributed by atoms with Crippen LogP contribution in [0, 0.1) is 0 Å². The zero-order valence-electron chi connectivity index (χ0n) is 75.3. The minimum atomic E-state index is -0.577. The maximum Gasteiger partial charge on any atom is 0.256 e. The molecule has 0 saturated carbocycles. The third-order valence-electron chi connectivity index (χ3n) is 28.8. The summed E-state index contributed by atoms with van der Waals surface area (Å²) >= 11 is 0. The molecule has 0 unspecified atom stereocenters. The number of rotatable bonds is 9. The van der Waals surface area contributed by atoms with E-state index in [2.05, 4.69) is 480 Å². The molecule has 4 nitrogen and oxygen atoms in total. The van der Waals surface area contributed by atoms with Gasteiger partial charge in [0.05, 0.1) is 22.5 Å². The second-order valence-electron chi connectivity index (χ2n) is 40.6. The first-order chi connectivity index (χ1) is 62.5. The number of fused-ring (bicyclic) bond motifs is 20. The monoisotopic (exact) mass is 1660 g/mol. The van der Waals surface area contributed by atoms with Crippen LogP contribution < -0.4 is 52.2 Å². The maximum atomic E-state index is 8.30. The van der Waals surface area contributed by atoms with Crippen LogP contribution in [-0.2, 0) is 27.1 Å². The average molecular weight is 1660 g/mol. The first kappa shape index (κ1) is 78.1. The minimum absolute atomic E-state index is 0.152. The van der Waals surface area contributed by atoms with Crippen LogP contribution in [0.4, 0.5) is 51.2 Å². The van der Waals surface area contributed by atoms with Crippen molar-refractivity contribution in [1.29, 1.82) is 0 Å². The predicted octanol–water partition coefficient (Wildman–Crippen LogP) is 28.9. The zero-order chi connectivity index (χ0) is 87.5. The van der Waals surface area contributed by atoms with Crippen molar-refractivity contribution in [3.63, 3.8) is 0 Å². The number of hydrogen-bond acceptors (Lipinski definition) is 4. The lowest BCUT2D eigenvalue weighted by atomic mass is 9.30. The molecule has 18 aromatic rings. The third kappa shape index (κ3) is 12.0. The number of ether oxygens (including phenoxy) is 1. The van der Waals surface area contributed by atoms with Gasteiger partial charge >= 0.3 is 0 Å². The Bertz CT molecular complexity index is 7480. The van der Waals surface area contributed by atoms with Gasteiger partial charge in [-0.15, -0.1) is 0 Å². The van der Waals surface area contributed by atoms with Gasteiger partial charge in [0, 0.05) is 67.8 Å². The van der Waals surface area contributed by atoms with Crippen molar-refractivity contribution in [3.05, 3.63) is 427 Å². The molecule has 4 aliphatic heterocycles. The molecule has 618 valence electrons. The van der Waals surface area contributed by atoms with Gasteiger partial charge in [0.25, 0.3) is 13.4 Å². The molecule has 0 saturated heterocycles. The van der Waals surface area contributed by atoms with Crippen molar-refractivity contribution in [1.82, 2.24) is 0 Å². The number of hydrogen-bond donors (Lipinski definition) is 0. The normalized spacial score (nSPS) is 13.9. The molecule has 1 spiro atoms. The van der Waals surface area contributed by atoms with E-state index in [1.807, 2.05) is 0 Å². The molecule has 129 heavy (non-hydrogen) atoms. The Hall–Kier alpha value is -14.5. The van der Waals surface area contributed by atoms with Gasteiger partial charge in [-0.25, -0.2) is 0 Å². The second-order valence-corrected chi connectivity index (χ2v) is 40.6. The Labute approximate surface area is 759 Å². The van der Waals surface area contributed by atoms with Crippen LogP contribution >= 0.6 is 0 Å². The van der Waals surface area contributed by atoms with Crippen LogP contribution in [0.2, 0.25) is 0 Å². The van der Waals surface area contributed by atoms with Crippen LogP contribution in [0.25, 0.3) is 99.8 Å². The molecule has 6 aliphatic rings. The lowest BCUT2D eigenvalue weighted by Crippen LogP contribution is -2.64. The van der Waals surface area contributed by atoms with Gasteiger partial charge in [0.2, 0.25) is 0 Å². The Morgan fingerprint density at radius 2 is 0.628 bits per heavy atom. The number of benzene rings is 18. The number of nitrogens with zero attached hydrogens (tertiary/aromatic N) is 3. The molecule has 0 atom stereocenters. The average Bonchev–Trinajstić information content (AvgIpc) is 1.59. The number of anilines is 9. The summed E-state index contributed by atoms with van der Waals surface area (Å²) in [5, 5.41) is 2.22. The Balaban J connectivity index is 0.802. The van der Waals surface area contributed by atoms with Crippen molar-refractivity contribution >= 4 is 108 Å². The molecule has 6 heteroatoms. The maximum absolute atomic E-state index is 8.30. The van der Waals surface area contributed by atoms with E-state index in [1.54, 1.807) is 0 Å². The van der Waals surface area contributed by atoms with Gasteiger partial charge in [-0.05, 0) is 244 Å². The molecule has 0 radical (unpaired) electrons. The molecule has 0 amide bonds. The van der Waals surface area contributed by atoms with Crippen LogP contribution in [0.15, 0.2) is 382 Å². The summed E-state index contributed by atoms with van der Waals surface area (Å²) in [5.41, 5.74) is 45.4. The molecular weight excluding hydrogens is 1560 g/mol. The summed E-state index contributed by atoms with van der Waals surface area (Å²) in [5.74, 6) is 1.67. The molecule has 18 aromatic carbocycles. The highest BCUT2D eigenvalue weighted by Crippen LogP contribution is 2.66. The van der Waals surface area contributed by atoms with E-state index in [-0.39, 0.29) is 35.1 Å². The lowest BCUT2D eigenvalue weighted by molar-refractivity contribution is 0.488. The highest BCUT2D eigenvalue weighted by molar-refractivity contribution is 7.02. The van der Waals surface area contributed by atoms with Crippen molar-refractivity contribution in [2.75, 3.05) is 14.7 Å². The van der Waals surface area contributed by atoms with Crippen LogP contribution in [0.5, 0.6) is 11.5 Å². The summed E-state index contributed by atoms with van der Waals surface area (Å²) in [6.07, 6.45) is 0. The van der Waals surface area contributed by atoms with E-state index in [4.69, 9.17) is 4.74 Å². The van der Waals surface area contributed by atoms with Gasteiger partial charge in [-0.3, -0.25) is 0 Å². The fourth-order valence-corrected chi connectivity index (χ4v) is 22.6.